The number of benzene rings is 1. The molecule has 1 aliphatic heterocycles. The number of carbonyl (C=O) groups is 1. The highest BCUT2D eigenvalue weighted by atomic mass is 16.5. The van der Waals surface area contributed by atoms with Crippen LogP contribution in [0.2, 0.25) is 0 Å². The number of carboxylic acids is 1. The molecule has 19 heavy (non-hydrogen) atoms. The molecule has 0 bridgehead atoms. The summed E-state index contributed by atoms with van der Waals surface area (Å²) in [7, 11) is 0. The lowest BCUT2D eigenvalue weighted by Crippen LogP contribution is -2.48. The van der Waals surface area contributed by atoms with Gasteiger partial charge in [0, 0.05) is 5.41 Å². The van der Waals surface area contributed by atoms with Gasteiger partial charge in [-0.1, -0.05) is 25.1 Å². The average Bonchev–Trinajstić information content (AvgIpc) is 2.80. The topological polar surface area (TPSA) is 46.5 Å². The number of aliphatic carboxylic acids is 1. The first-order valence-corrected chi connectivity index (χ1v) is 7.04. The van der Waals surface area contributed by atoms with Crippen LogP contribution < -0.4 is 0 Å². The number of hydrogen-bond donors (Lipinski definition) is 1. The molecule has 1 aromatic rings. The third-order valence-corrected chi connectivity index (χ3v) is 4.59. The van der Waals surface area contributed by atoms with Gasteiger partial charge in [0.25, 0.3) is 0 Å². The second-order valence-corrected chi connectivity index (χ2v) is 6.05. The van der Waals surface area contributed by atoms with Crippen molar-refractivity contribution in [2.45, 2.75) is 38.0 Å². The van der Waals surface area contributed by atoms with Crippen LogP contribution in [-0.4, -0.2) is 24.3 Å². The number of aryl methyl sites for hydroxylation is 2. The molecule has 1 aromatic carbocycles. The number of ether oxygens (including phenoxy) is 1. The molecule has 1 heterocycles. The average molecular weight is 260 g/mol. The predicted molar refractivity (Wildman–Crippen MR) is 72.4 cm³/mol. The van der Waals surface area contributed by atoms with Gasteiger partial charge < -0.3 is 9.84 Å². The zero-order chi connectivity index (χ0) is 13.5. The molecule has 1 N–H and O–H groups in total. The smallest absolute Gasteiger partial charge is 0.306 e. The first kappa shape index (κ1) is 12.7. The van der Waals surface area contributed by atoms with Gasteiger partial charge in [-0.3, -0.25) is 4.79 Å². The SMILES string of the molecule is CC(CC1(c2ccc3c(c2)CCC3)COC1)C(=O)O. The fraction of sp³-hybridized carbons (Fsp3) is 0.562. The Morgan fingerprint density at radius 3 is 2.74 bits per heavy atom. The Kier molecular flexibility index (Phi) is 3.09. The van der Waals surface area contributed by atoms with Gasteiger partial charge in [0.1, 0.15) is 0 Å². The van der Waals surface area contributed by atoms with Gasteiger partial charge in [-0.25, -0.2) is 0 Å². The summed E-state index contributed by atoms with van der Waals surface area (Å²) in [5.41, 5.74) is 4.11. The monoisotopic (exact) mass is 260 g/mol. The van der Waals surface area contributed by atoms with Gasteiger partial charge >= 0.3 is 5.97 Å². The zero-order valence-corrected chi connectivity index (χ0v) is 11.3. The highest BCUT2D eigenvalue weighted by Gasteiger charge is 2.42. The second kappa shape index (κ2) is 4.64. The van der Waals surface area contributed by atoms with Crippen molar-refractivity contribution in [3.8, 4) is 0 Å². The van der Waals surface area contributed by atoms with Crippen molar-refractivity contribution in [2.24, 2.45) is 5.92 Å². The number of carboxylic acid groups (broad SMARTS) is 1. The summed E-state index contributed by atoms with van der Waals surface area (Å²) in [4.78, 5) is 11.1. The Morgan fingerprint density at radius 1 is 1.37 bits per heavy atom. The third kappa shape index (κ3) is 2.16. The summed E-state index contributed by atoms with van der Waals surface area (Å²) in [6, 6.07) is 6.70. The molecule has 2 aliphatic rings. The molecule has 0 aromatic heterocycles. The molecule has 1 aliphatic carbocycles. The molecule has 1 atom stereocenters. The Morgan fingerprint density at radius 2 is 2.11 bits per heavy atom. The van der Waals surface area contributed by atoms with Crippen LogP contribution in [0.3, 0.4) is 0 Å². The van der Waals surface area contributed by atoms with Crippen LogP contribution in [0.15, 0.2) is 18.2 Å². The Bertz CT molecular complexity index is 503. The minimum atomic E-state index is -0.715. The van der Waals surface area contributed by atoms with Crippen molar-refractivity contribution in [1.82, 2.24) is 0 Å². The molecule has 3 rings (SSSR count). The van der Waals surface area contributed by atoms with E-state index in [1.165, 1.54) is 29.5 Å². The van der Waals surface area contributed by atoms with Gasteiger partial charge in [0.05, 0.1) is 19.1 Å². The maximum atomic E-state index is 11.1. The molecule has 1 fully saturated rings. The minimum Gasteiger partial charge on any atom is -0.481 e. The molecule has 1 unspecified atom stereocenters. The van der Waals surface area contributed by atoms with Crippen LogP contribution in [0.5, 0.6) is 0 Å². The van der Waals surface area contributed by atoms with E-state index in [0.717, 1.165) is 6.42 Å². The van der Waals surface area contributed by atoms with E-state index in [0.29, 0.717) is 19.6 Å². The van der Waals surface area contributed by atoms with E-state index in [4.69, 9.17) is 9.84 Å². The fourth-order valence-electron chi connectivity index (χ4n) is 3.33. The van der Waals surface area contributed by atoms with Crippen LogP contribution in [-0.2, 0) is 27.8 Å². The molecule has 0 radical (unpaired) electrons. The molecule has 1 saturated heterocycles. The van der Waals surface area contributed by atoms with Crippen LogP contribution in [0, 0.1) is 5.92 Å². The van der Waals surface area contributed by atoms with Crippen LogP contribution in [0.4, 0.5) is 0 Å². The summed E-state index contributed by atoms with van der Waals surface area (Å²) in [5.74, 6) is -1.04. The largest absolute Gasteiger partial charge is 0.481 e. The summed E-state index contributed by atoms with van der Waals surface area (Å²) in [6.45, 7) is 3.10. The highest BCUT2D eigenvalue weighted by Crippen LogP contribution is 2.40. The van der Waals surface area contributed by atoms with E-state index in [1.54, 1.807) is 6.92 Å². The summed E-state index contributed by atoms with van der Waals surface area (Å²) < 4.78 is 5.40. The lowest BCUT2D eigenvalue weighted by molar-refractivity contribution is -0.144. The normalized spacial score (nSPS) is 21.5. The standard InChI is InChI=1S/C16H20O3/c1-11(15(17)18)8-16(9-19-10-16)14-6-5-12-3-2-4-13(12)7-14/h5-7,11H,2-4,8-10H2,1H3,(H,17,18). The Labute approximate surface area is 113 Å². The van der Waals surface area contributed by atoms with Gasteiger partial charge in [-0.2, -0.15) is 0 Å². The summed E-state index contributed by atoms with van der Waals surface area (Å²) >= 11 is 0. The van der Waals surface area contributed by atoms with Gasteiger partial charge in [-0.05, 0) is 42.4 Å². The highest BCUT2D eigenvalue weighted by molar-refractivity contribution is 5.69. The Hall–Kier alpha value is -1.35. The molecule has 3 nitrogen and oxygen atoms in total. The van der Waals surface area contributed by atoms with Gasteiger partial charge in [-0.15, -0.1) is 0 Å². The van der Waals surface area contributed by atoms with Crippen molar-refractivity contribution in [3.63, 3.8) is 0 Å². The van der Waals surface area contributed by atoms with Crippen molar-refractivity contribution < 1.29 is 14.6 Å². The molecule has 0 amide bonds. The Balaban J connectivity index is 1.87. The van der Waals surface area contributed by atoms with Crippen molar-refractivity contribution in [1.29, 1.82) is 0 Å². The lowest BCUT2D eigenvalue weighted by atomic mass is 9.72. The van der Waals surface area contributed by atoms with Crippen molar-refractivity contribution in [2.75, 3.05) is 13.2 Å². The predicted octanol–water partition coefficient (Wildman–Crippen LogP) is 2.55. The molecular weight excluding hydrogens is 240 g/mol. The van der Waals surface area contributed by atoms with E-state index in [-0.39, 0.29) is 11.3 Å². The van der Waals surface area contributed by atoms with Crippen LogP contribution in [0.1, 0.15) is 36.5 Å². The van der Waals surface area contributed by atoms with Crippen LogP contribution >= 0.6 is 0 Å². The fourth-order valence-corrected chi connectivity index (χ4v) is 3.33. The van der Waals surface area contributed by atoms with E-state index >= 15 is 0 Å². The first-order chi connectivity index (χ1) is 9.11. The summed E-state index contributed by atoms with van der Waals surface area (Å²) in [6.07, 6.45) is 4.26. The second-order valence-electron chi connectivity index (χ2n) is 6.05. The van der Waals surface area contributed by atoms with Crippen LogP contribution in [0.25, 0.3) is 0 Å². The number of rotatable bonds is 4. The maximum Gasteiger partial charge on any atom is 0.306 e. The first-order valence-electron chi connectivity index (χ1n) is 7.04. The van der Waals surface area contributed by atoms with E-state index in [9.17, 15) is 4.79 Å². The molecule has 3 heteroatoms. The molecule has 102 valence electrons. The van der Waals surface area contributed by atoms with Gasteiger partial charge in [0.2, 0.25) is 0 Å². The van der Waals surface area contributed by atoms with E-state index in [1.807, 2.05) is 0 Å². The molecule has 0 saturated carbocycles. The number of fused-ring (bicyclic) bond motifs is 1. The minimum absolute atomic E-state index is 0.0740. The quantitative estimate of drug-likeness (QED) is 0.905. The zero-order valence-electron chi connectivity index (χ0n) is 11.3. The number of hydrogen-bond acceptors (Lipinski definition) is 2. The lowest BCUT2D eigenvalue weighted by Gasteiger charge is -2.43. The maximum absolute atomic E-state index is 11.1. The summed E-state index contributed by atoms with van der Waals surface area (Å²) in [5, 5.41) is 9.13. The third-order valence-electron chi connectivity index (χ3n) is 4.59. The molecule has 0 spiro atoms. The van der Waals surface area contributed by atoms with Crippen molar-refractivity contribution >= 4 is 5.97 Å². The van der Waals surface area contributed by atoms with E-state index < -0.39 is 5.97 Å². The van der Waals surface area contributed by atoms with Gasteiger partial charge in [0.15, 0.2) is 0 Å². The van der Waals surface area contributed by atoms with Crippen molar-refractivity contribution in [3.05, 3.63) is 34.9 Å². The molecular formula is C16H20O3. The van der Waals surface area contributed by atoms with E-state index in [2.05, 4.69) is 18.2 Å².